The molecule has 0 radical (unpaired) electrons. The quantitative estimate of drug-likeness (QED) is 0.617. The van der Waals surface area contributed by atoms with Gasteiger partial charge in [-0.15, -0.1) is 0 Å². The van der Waals surface area contributed by atoms with Crippen molar-refractivity contribution < 1.29 is 4.79 Å². The summed E-state index contributed by atoms with van der Waals surface area (Å²) < 4.78 is 2.05. The van der Waals surface area contributed by atoms with E-state index in [4.69, 9.17) is 0 Å². The molecule has 0 spiro atoms. The maximum Gasteiger partial charge on any atom is 0.168 e. The number of aromatic nitrogens is 2. The summed E-state index contributed by atoms with van der Waals surface area (Å²) in [7, 11) is 1.99. The van der Waals surface area contributed by atoms with Gasteiger partial charge >= 0.3 is 0 Å². The van der Waals surface area contributed by atoms with Crippen LogP contribution in [-0.4, -0.2) is 15.8 Å². The molecule has 66 valence electrons. The first-order valence-electron chi connectivity index (χ1n) is 4.09. The number of carbonyl (C=O) groups is 1. The molecule has 2 heterocycles. The van der Waals surface area contributed by atoms with Gasteiger partial charge in [-0.25, -0.2) is 0 Å². The number of hydrogen-bond donors (Lipinski definition) is 0. The van der Waals surface area contributed by atoms with E-state index in [1.54, 1.807) is 12.3 Å². The van der Waals surface area contributed by atoms with Crippen molar-refractivity contribution in [1.29, 1.82) is 0 Å². The van der Waals surface area contributed by atoms with Crippen LogP contribution in [0.5, 0.6) is 0 Å². The summed E-state index contributed by atoms with van der Waals surface area (Å²) in [5, 5.41) is 1.07. The first-order valence-corrected chi connectivity index (χ1v) is 4.09. The highest BCUT2D eigenvalue weighted by molar-refractivity contribution is 5.85. The summed E-state index contributed by atoms with van der Waals surface area (Å²) in [6.45, 7) is 2.03. The Kier molecular flexibility index (Phi) is 1.65. The minimum absolute atomic E-state index is 0.484. The fraction of sp³-hybridized carbons (Fsp3) is 0.200. The van der Waals surface area contributed by atoms with E-state index < -0.39 is 0 Å². The molecule has 0 aliphatic heterocycles. The van der Waals surface area contributed by atoms with E-state index in [1.165, 1.54) is 5.69 Å². The lowest BCUT2D eigenvalue weighted by Gasteiger charge is -1.97. The normalized spacial score (nSPS) is 10.6. The van der Waals surface area contributed by atoms with Crippen LogP contribution in [0.4, 0.5) is 0 Å². The minimum Gasteiger partial charge on any atom is -0.347 e. The Labute approximate surface area is 76.0 Å². The monoisotopic (exact) mass is 174 g/mol. The van der Waals surface area contributed by atoms with E-state index in [-0.39, 0.29) is 0 Å². The molecule has 0 amide bonds. The van der Waals surface area contributed by atoms with Gasteiger partial charge in [-0.1, -0.05) is 0 Å². The van der Waals surface area contributed by atoms with E-state index in [0.717, 1.165) is 17.2 Å². The Morgan fingerprint density at radius 1 is 1.46 bits per heavy atom. The molecule has 0 saturated carbocycles. The van der Waals surface area contributed by atoms with Crippen molar-refractivity contribution in [2.75, 3.05) is 0 Å². The summed E-state index contributed by atoms with van der Waals surface area (Å²) in [4.78, 5) is 14.5. The zero-order valence-electron chi connectivity index (χ0n) is 7.61. The fourth-order valence-corrected chi connectivity index (χ4v) is 1.45. The second-order valence-electron chi connectivity index (χ2n) is 3.13. The Hall–Kier alpha value is -1.64. The maximum atomic E-state index is 10.5. The molecule has 2 aromatic heterocycles. The number of aldehydes is 1. The average Bonchev–Trinajstić information content (AvgIpc) is 2.42. The van der Waals surface area contributed by atoms with Crippen molar-refractivity contribution in [3.63, 3.8) is 0 Å². The van der Waals surface area contributed by atoms with E-state index in [0.29, 0.717) is 5.69 Å². The molecule has 0 fully saturated rings. The van der Waals surface area contributed by atoms with Crippen LogP contribution in [0.25, 0.3) is 10.9 Å². The molecule has 2 rings (SSSR count). The van der Waals surface area contributed by atoms with E-state index >= 15 is 0 Å². The second-order valence-corrected chi connectivity index (χ2v) is 3.13. The Morgan fingerprint density at radius 2 is 2.23 bits per heavy atom. The molecule has 13 heavy (non-hydrogen) atoms. The van der Waals surface area contributed by atoms with E-state index in [9.17, 15) is 4.79 Å². The molecular formula is C10H10N2O. The summed E-state index contributed by atoms with van der Waals surface area (Å²) in [6, 6.07) is 3.85. The molecule has 2 aromatic rings. The van der Waals surface area contributed by atoms with Crippen LogP contribution in [0, 0.1) is 6.92 Å². The third kappa shape index (κ3) is 1.13. The number of rotatable bonds is 1. The standard InChI is InChI=1S/C10H10N2O/c1-7-3-8-4-9(6-13)11-5-10(8)12(7)2/h3-6H,1-2H3. The number of hydrogen-bond acceptors (Lipinski definition) is 2. The maximum absolute atomic E-state index is 10.5. The van der Waals surface area contributed by atoms with Crippen molar-refractivity contribution in [3.05, 3.63) is 29.7 Å². The van der Waals surface area contributed by atoms with Crippen molar-refractivity contribution in [1.82, 2.24) is 9.55 Å². The van der Waals surface area contributed by atoms with Gasteiger partial charge in [0.25, 0.3) is 0 Å². The lowest BCUT2D eigenvalue weighted by Crippen LogP contribution is -1.91. The van der Waals surface area contributed by atoms with Gasteiger partial charge in [-0.05, 0) is 19.1 Å². The van der Waals surface area contributed by atoms with E-state index in [2.05, 4.69) is 9.55 Å². The third-order valence-corrected chi connectivity index (χ3v) is 2.31. The summed E-state index contributed by atoms with van der Waals surface area (Å²) >= 11 is 0. The van der Waals surface area contributed by atoms with Crippen molar-refractivity contribution in [3.8, 4) is 0 Å². The highest BCUT2D eigenvalue weighted by atomic mass is 16.1. The smallest absolute Gasteiger partial charge is 0.168 e. The number of nitrogens with zero attached hydrogens (tertiary/aromatic N) is 2. The number of aryl methyl sites for hydroxylation is 2. The van der Waals surface area contributed by atoms with Crippen LogP contribution in [0.2, 0.25) is 0 Å². The predicted molar refractivity (Wildman–Crippen MR) is 50.8 cm³/mol. The first-order chi connectivity index (χ1) is 6.22. The van der Waals surface area contributed by atoms with Gasteiger partial charge < -0.3 is 4.57 Å². The second kappa shape index (κ2) is 2.69. The lowest BCUT2D eigenvalue weighted by molar-refractivity contribution is 0.111. The molecule has 0 atom stereocenters. The molecular weight excluding hydrogens is 164 g/mol. The van der Waals surface area contributed by atoms with Crippen molar-refractivity contribution in [2.24, 2.45) is 7.05 Å². The molecule has 3 heteroatoms. The van der Waals surface area contributed by atoms with Crippen LogP contribution in [0.3, 0.4) is 0 Å². The van der Waals surface area contributed by atoms with Crippen LogP contribution in [0.1, 0.15) is 16.2 Å². The van der Waals surface area contributed by atoms with Gasteiger partial charge in [0.05, 0.1) is 11.7 Å². The van der Waals surface area contributed by atoms with Crippen LogP contribution in [0.15, 0.2) is 18.3 Å². The van der Waals surface area contributed by atoms with Crippen LogP contribution >= 0.6 is 0 Å². The molecule has 3 nitrogen and oxygen atoms in total. The number of pyridine rings is 1. The number of fused-ring (bicyclic) bond motifs is 1. The predicted octanol–water partition coefficient (Wildman–Crippen LogP) is 1.69. The van der Waals surface area contributed by atoms with Crippen molar-refractivity contribution >= 4 is 17.2 Å². The molecule has 0 bridgehead atoms. The van der Waals surface area contributed by atoms with Gasteiger partial charge in [-0.3, -0.25) is 9.78 Å². The largest absolute Gasteiger partial charge is 0.347 e. The minimum atomic E-state index is 0.484. The highest BCUT2D eigenvalue weighted by Gasteiger charge is 2.02. The topological polar surface area (TPSA) is 34.9 Å². The molecule has 0 saturated heterocycles. The summed E-state index contributed by atoms with van der Waals surface area (Å²) in [6.07, 6.45) is 2.49. The van der Waals surface area contributed by atoms with Crippen LogP contribution in [-0.2, 0) is 7.05 Å². The Morgan fingerprint density at radius 3 is 2.92 bits per heavy atom. The van der Waals surface area contributed by atoms with Gasteiger partial charge in [0.15, 0.2) is 6.29 Å². The van der Waals surface area contributed by atoms with Gasteiger partial charge in [0.1, 0.15) is 5.69 Å². The average molecular weight is 174 g/mol. The molecule has 0 N–H and O–H groups in total. The SMILES string of the molecule is Cc1cc2cc(C=O)ncc2n1C. The zero-order chi connectivity index (χ0) is 9.42. The highest BCUT2D eigenvalue weighted by Crippen LogP contribution is 2.17. The number of carbonyl (C=O) groups excluding carboxylic acids is 1. The summed E-state index contributed by atoms with van der Waals surface area (Å²) in [5.74, 6) is 0. The van der Waals surface area contributed by atoms with Gasteiger partial charge in [0, 0.05) is 18.1 Å². The Balaban J connectivity index is 2.79. The van der Waals surface area contributed by atoms with Crippen LogP contribution < -0.4 is 0 Å². The summed E-state index contributed by atoms with van der Waals surface area (Å²) in [5.41, 5.74) is 2.71. The lowest BCUT2D eigenvalue weighted by atomic mass is 10.2. The fourth-order valence-electron chi connectivity index (χ4n) is 1.45. The molecule has 0 aliphatic rings. The molecule has 0 aromatic carbocycles. The first kappa shape index (κ1) is 7.98. The van der Waals surface area contributed by atoms with E-state index in [1.807, 2.05) is 20.0 Å². The molecule has 0 aliphatic carbocycles. The third-order valence-electron chi connectivity index (χ3n) is 2.31. The Bertz CT molecular complexity index is 471. The van der Waals surface area contributed by atoms with Gasteiger partial charge in [0.2, 0.25) is 0 Å². The van der Waals surface area contributed by atoms with Gasteiger partial charge in [-0.2, -0.15) is 0 Å². The zero-order valence-corrected chi connectivity index (χ0v) is 7.61. The van der Waals surface area contributed by atoms with Crippen molar-refractivity contribution in [2.45, 2.75) is 6.92 Å². The molecule has 0 unspecified atom stereocenters.